The first-order valence-electron chi connectivity index (χ1n) is 6.55. The number of benzene rings is 2. The van der Waals surface area contributed by atoms with Crippen molar-refractivity contribution < 1.29 is 13.3 Å². The van der Waals surface area contributed by atoms with Gasteiger partial charge in [-0.2, -0.15) is 0 Å². The van der Waals surface area contributed by atoms with Gasteiger partial charge in [0.1, 0.15) is 0 Å². The van der Waals surface area contributed by atoms with Crippen molar-refractivity contribution >= 4 is 21.2 Å². The monoisotopic (exact) mass is 320 g/mol. The van der Waals surface area contributed by atoms with Crippen molar-refractivity contribution in [2.24, 2.45) is 0 Å². The zero-order valence-corrected chi connectivity index (χ0v) is 13.1. The van der Waals surface area contributed by atoms with E-state index >= 15 is 0 Å². The molecule has 0 bridgehead atoms. The first kappa shape index (κ1) is 16.0. The Kier molecular flexibility index (Phi) is 4.46. The Morgan fingerprint density at radius 2 is 1.91 bits per heavy atom. The van der Waals surface area contributed by atoms with Gasteiger partial charge in [-0.3, -0.25) is 10.1 Å². The number of anilines is 1. The van der Waals surface area contributed by atoms with Crippen molar-refractivity contribution in [3.8, 4) is 0 Å². The molecule has 0 aliphatic carbocycles. The summed E-state index contributed by atoms with van der Waals surface area (Å²) >= 11 is 0. The molecule has 0 aliphatic heterocycles. The molecule has 0 heterocycles. The highest BCUT2D eigenvalue weighted by atomic mass is 32.2. The van der Waals surface area contributed by atoms with E-state index in [0.717, 1.165) is 23.1 Å². The molecule has 22 heavy (non-hydrogen) atoms. The fraction of sp³-hybridized carbons (Fsp3) is 0.200. The molecule has 0 fully saturated rings. The van der Waals surface area contributed by atoms with Gasteiger partial charge in [-0.25, -0.2) is 8.42 Å². The highest BCUT2D eigenvalue weighted by Crippen LogP contribution is 2.21. The number of aryl methyl sites for hydroxylation is 1. The zero-order chi connectivity index (χ0) is 16.3. The molecule has 6 nitrogen and oxygen atoms in total. The van der Waals surface area contributed by atoms with Crippen LogP contribution in [0.1, 0.15) is 11.1 Å². The van der Waals surface area contributed by atoms with Crippen LogP contribution in [0.5, 0.6) is 0 Å². The number of nitro groups is 1. The fourth-order valence-corrected chi connectivity index (χ4v) is 2.75. The quantitative estimate of drug-likeness (QED) is 0.676. The van der Waals surface area contributed by atoms with Crippen LogP contribution in [0.2, 0.25) is 0 Å². The normalized spacial score (nSPS) is 11.2. The van der Waals surface area contributed by atoms with E-state index in [1.165, 1.54) is 18.2 Å². The maximum atomic E-state index is 11.5. The Morgan fingerprint density at radius 1 is 1.18 bits per heavy atom. The van der Waals surface area contributed by atoms with E-state index in [0.29, 0.717) is 6.54 Å². The largest absolute Gasteiger partial charge is 0.381 e. The summed E-state index contributed by atoms with van der Waals surface area (Å²) in [5.41, 5.74) is 2.41. The minimum absolute atomic E-state index is 0.0449. The predicted octanol–water partition coefficient (Wildman–Crippen LogP) is 2.92. The molecule has 2 rings (SSSR count). The van der Waals surface area contributed by atoms with Crippen LogP contribution in [-0.2, 0) is 16.4 Å². The number of nitro benzene ring substituents is 1. The van der Waals surface area contributed by atoms with Crippen LogP contribution in [0.15, 0.2) is 47.4 Å². The molecule has 0 atom stereocenters. The maximum Gasteiger partial charge on any atom is 0.269 e. The van der Waals surface area contributed by atoms with E-state index < -0.39 is 14.8 Å². The molecular weight excluding hydrogens is 304 g/mol. The molecule has 0 aromatic heterocycles. The summed E-state index contributed by atoms with van der Waals surface area (Å²) in [4.78, 5) is 10.6. The number of hydrogen-bond donors (Lipinski definition) is 1. The summed E-state index contributed by atoms with van der Waals surface area (Å²) in [6.45, 7) is 2.23. The Balaban J connectivity index is 2.15. The zero-order valence-electron chi connectivity index (χ0n) is 12.2. The summed E-state index contributed by atoms with van der Waals surface area (Å²) < 4.78 is 23.0. The molecule has 0 amide bonds. The summed E-state index contributed by atoms with van der Waals surface area (Å²) in [7, 11) is -3.23. The smallest absolute Gasteiger partial charge is 0.269 e. The summed E-state index contributed by atoms with van der Waals surface area (Å²) in [6, 6.07) is 11.2. The second-order valence-corrected chi connectivity index (χ2v) is 7.05. The number of non-ortho nitro benzene ring substituents is 1. The maximum absolute atomic E-state index is 11.5. The number of nitrogens with zero attached hydrogens (tertiary/aromatic N) is 1. The third kappa shape index (κ3) is 3.82. The van der Waals surface area contributed by atoms with Gasteiger partial charge in [0.2, 0.25) is 0 Å². The Labute approximate surface area is 128 Å². The lowest BCUT2D eigenvalue weighted by molar-refractivity contribution is -0.384. The molecule has 0 aliphatic rings. The highest BCUT2D eigenvalue weighted by molar-refractivity contribution is 7.90. The van der Waals surface area contributed by atoms with Crippen LogP contribution in [-0.4, -0.2) is 19.6 Å². The third-order valence-corrected chi connectivity index (χ3v) is 4.34. The molecule has 0 unspecified atom stereocenters. The molecular formula is C15H16N2O4S. The summed E-state index contributed by atoms with van der Waals surface area (Å²) in [5.74, 6) is 0. The number of rotatable bonds is 5. The Bertz CT molecular complexity index is 816. The average molecular weight is 320 g/mol. The molecule has 2 aromatic rings. The van der Waals surface area contributed by atoms with Crippen molar-refractivity contribution in [3.05, 3.63) is 63.7 Å². The van der Waals surface area contributed by atoms with Crippen molar-refractivity contribution in [2.45, 2.75) is 18.4 Å². The van der Waals surface area contributed by atoms with Gasteiger partial charge < -0.3 is 5.32 Å². The number of nitrogens with one attached hydrogen (secondary N) is 1. The molecule has 0 saturated heterocycles. The van der Waals surface area contributed by atoms with E-state index in [1.807, 2.05) is 6.92 Å². The minimum atomic E-state index is -3.23. The highest BCUT2D eigenvalue weighted by Gasteiger charge is 2.09. The molecule has 2 aromatic carbocycles. The Morgan fingerprint density at radius 3 is 2.50 bits per heavy atom. The van der Waals surface area contributed by atoms with Crippen LogP contribution in [0.3, 0.4) is 0 Å². The SMILES string of the molecule is Cc1cc(S(C)(=O)=O)ccc1NCc1cccc([N+](=O)[O-])c1. The van der Waals surface area contributed by atoms with Gasteiger partial charge in [0, 0.05) is 30.6 Å². The minimum Gasteiger partial charge on any atom is -0.381 e. The Hall–Kier alpha value is -2.41. The van der Waals surface area contributed by atoms with Gasteiger partial charge in [0.15, 0.2) is 9.84 Å². The predicted molar refractivity (Wildman–Crippen MR) is 84.7 cm³/mol. The van der Waals surface area contributed by atoms with E-state index in [2.05, 4.69) is 5.32 Å². The van der Waals surface area contributed by atoms with Crippen LogP contribution in [0, 0.1) is 17.0 Å². The molecule has 0 spiro atoms. The van der Waals surface area contributed by atoms with Crippen LogP contribution >= 0.6 is 0 Å². The van der Waals surface area contributed by atoms with Crippen molar-refractivity contribution in [3.63, 3.8) is 0 Å². The molecule has 0 radical (unpaired) electrons. The topological polar surface area (TPSA) is 89.3 Å². The number of hydrogen-bond acceptors (Lipinski definition) is 5. The molecule has 116 valence electrons. The molecule has 1 N–H and O–H groups in total. The first-order chi connectivity index (χ1) is 10.3. The van der Waals surface area contributed by atoms with E-state index in [1.54, 1.807) is 24.3 Å². The van der Waals surface area contributed by atoms with Crippen molar-refractivity contribution in [2.75, 3.05) is 11.6 Å². The first-order valence-corrected chi connectivity index (χ1v) is 8.44. The van der Waals surface area contributed by atoms with Crippen molar-refractivity contribution in [1.82, 2.24) is 0 Å². The van der Waals surface area contributed by atoms with Crippen LogP contribution < -0.4 is 5.32 Å². The fourth-order valence-electron chi connectivity index (χ4n) is 2.04. The molecule has 7 heteroatoms. The lowest BCUT2D eigenvalue weighted by atomic mass is 10.1. The van der Waals surface area contributed by atoms with Crippen LogP contribution in [0.25, 0.3) is 0 Å². The van der Waals surface area contributed by atoms with Gasteiger partial charge in [-0.05, 0) is 36.2 Å². The number of sulfone groups is 1. The summed E-state index contributed by atoms with van der Waals surface area (Å²) in [6.07, 6.45) is 1.16. The second-order valence-electron chi connectivity index (χ2n) is 5.03. The molecule has 0 saturated carbocycles. The van der Waals surface area contributed by atoms with Gasteiger partial charge >= 0.3 is 0 Å². The van der Waals surface area contributed by atoms with Gasteiger partial charge in [-0.1, -0.05) is 12.1 Å². The van der Waals surface area contributed by atoms with Gasteiger partial charge in [-0.15, -0.1) is 0 Å². The van der Waals surface area contributed by atoms with Gasteiger partial charge in [0.05, 0.1) is 9.82 Å². The van der Waals surface area contributed by atoms with Gasteiger partial charge in [0.25, 0.3) is 5.69 Å². The second kappa shape index (κ2) is 6.15. The standard InChI is InChI=1S/C15H16N2O4S/c1-11-8-14(22(2,20)21)6-7-15(11)16-10-12-4-3-5-13(9-12)17(18)19/h3-9,16H,10H2,1-2H3. The van der Waals surface area contributed by atoms with E-state index in [4.69, 9.17) is 0 Å². The van der Waals surface area contributed by atoms with E-state index in [9.17, 15) is 18.5 Å². The average Bonchev–Trinajstić information content (AvgIpc) is 2.45. The van der Waals surface area contributed by atoms with Crippen LogP contribution in [0.4, 0.5) is 11.4 Å². The summed E-state index contributed by atoms with van der Waals surface area (Å²) in [5, 5.41) is 13.9. The lowest BCUT2D eigenvalue weighted by Gasteiger charge is -2.11. The van der Waals surface area contributed by atoms with E-state index in [-0.39, 0.29) is 10.6 Å². The lowest BCUT2D eigenvalue weighted by Crippen LogP contribution is -2.03. The van der Waals surface area contributed by atoms with Crippen molar-refractivity contribution in [1.29, 1.82) is 0 Å². The third-order valence-electron chi connectivity index (χ3n) is 3.23.